The maximum atomic E-state index is 12.6. The average molecular weight is 364 g/mol. The average Bonchev–Trinajstić information content (AvgIpc) is 3.02. The van der Waals surface area contributed by atoms with Crippen molar-refractivity contribution in [2.75, 3.05) is 6.54 Å². The van der Waals surface area contributed by atoms with Crippen LogP contribution in [0.3, 0.4) is 0 Å². The third-order valence-corrected chi connectivity index (χ3v) is 5.01. The molecule has 6 nitrogen and oxygen atoms in total. The Balaban J connectivity index is 1.38. The van der Waals surface area contributed by atoms with Gasteiger partial charge in [0.2, 0.25) is 5.91 Å². The van der Waals surface area contributed by atoms with E-state index in [0.717, 1.165) is 11.1 Å². The molecule has 2 heterocycles. The Morgan fingerprint density at radius 1 is 1.07 bits per heavy atom. The molecule has 27 heavy (non-hydrogen) atoms. The van der Waals surface area contributed by atoms with Crippen molar-refractivity contribution in [3.8, 4) is 0 Å². The number of cyclic esters (lactones) is 1. The maximum Gasteiger partial charge on any atom is 0.339 e. The molecule has 0 aromatic heterocycles. The molecule has 2 unspecified atom stereocenters. The predicted octanol–water partition coefficient (Wildman–Crippen LogP) is 1.69. The molecule has 138 valence electrons. The zero-order valence-electron chi connectivity index (χ0n) is 14.8. The van der Waals surface area contributed by atoms with Gasteiger partial charge < -0.3 is 15.0 Å². The van der Waals surface area contributed by atoms with Gasteiger partial charge in [-0.05, 0) is 23.6 Å². The number of carbonyl (C=O) groups is 3. The number of nitrogens with one attached hydrogen (secondary N) is 1. The monoisotopic (exact) mass is 364 g/mol. The summed E-state index contributed by atoms with van der Waals surface area (Å²) in [5, 5.41) is 2.76. The van der Waals surface area contributed by atoms with Gasteiger partial charge in [-0.3, -0.25) is 9.59 Å². The molecular formula is C21H20N2O4. The molecule has 1 N–H and O–H groups in total. The number of benzene rings is 2. The van der Waals surface area contributed by atoms with E-state index in [1.165, 1.54) is 0 Å². The van der Waals surface area contributed by atoms with Crippen molar-refractivity contribution in [3.63, 3.8) is 0 Å². The number of fused-ring (bicyclic) bond motifs is 1. The molecule has 2 aromatic rings. The fourth-order valence-corrected chi connectivity index (χ4v) is 3.58. The third-order valence-electron chi connectivity index (χ3n) is 5.01. The minimum atomic E-state index is -0.900. The Morgan fingerprint density at radius 3 is 2.63 bits per heavy atom. The predicted molar refractivity (Wildman–Crippen MR) is 97.8 cm³/mol. The van der Waals surface area contributed by atoms with Gasteiger partial charge in [-0.15, -0.1) is 0 Å². The first-order valence-electron chi connectivity index (χ1n) is 9.04. The molecule has 0 spiro atoms. The van der Waals surface area contributed by atoms with Crippen molar-refractivity contribution in [2.45, 2.75) is 31.5 Å². The van der Waals surface area contributed by atoms with E-state index in [1.54, 1.807) is 17.0 Å². The van der Waals surface area contributed by atoms with Gasteiger partial charge in [-0.1, -0.05) is 48.5 Å². The molecule has 0 saturated carbocycles. The molecule has 2 aliphatic heterocycles. The highest BCUT2D eigenvalue weighted by Crippen LogP contribution is 2.21. The number of esters is 1. The number of hydrogen-bond acceptors (Lipinski definition) is 4. The zero-order chi connectivity index (χ0) is 18.8. The van der Waals surface area contributed by atoms with Gasteiger partial charge in [0.15, 0.2) is 6.10 Å². The van der Waals surface area contributed by atoms with Crippen molar-refractivity contribution in [2.24, 2.45) is 0 Å². The molecule has 1 saturated heterocycles. The maximum absolute atomic E-state index is 12.6. The highest BCUT2D eigenvalue weighted by atomic mass is 16.5. The quantitative estimate of drug-likeness (QED) is 0.838. The van der Waals surface area contributed by atoms with E-state index in [4.69, 9.17) is 4.74 Å². The van der Waals surface area contributed by atoms with Crippen molar-refractivity contribution in [1.29, 1.82) is 0 Å². The molecule has 2 amide bonds. The van der Waals surface area contributed by atoms with Crippen molar-refractivity contribution < 1.29 is 19.1 Å². The van der Waals surface area contributed by atoms with Crippen LogP contribution in [0.4, 0.5) is 0 Å². The van der Waals surface area contributed by atoms with Gasteiger partial charge >= 0.3 is 5.97 Å². The fraction of sp³-hybridized carbons (Fsp3) is 0.286. The zero-order valence-corrected chi connectivity index (χ0v) is 14.8. The summed E-state index contributed by atoms with van der Waals surface area (Å²) in [6.45, 7) is 1.11. The summed E-state index contributed by atoms with van der Waals surface area (Å²) in [6.07, 6.45) is -0.0276. The van der Waals surface area contributed by atoms with Crippen LogP contribution in [0.5, 0.6) is 0 Å². The molecule has 4 rings (SSSR count). The highest BCUT2D eigenvalue weighted by molar-refractivity contribution is 5.97. The summed E-state index contributed by atoms with van der Waals surface area (Å²) in [4.78, 5) is 39.0. The number of nitrogens with zero attached hydrogens (tertiary/aromatic N) is 1. The largest absolute Gasteiger partial charge is 0.448 e. The first kappa shape index (κ1) is 17.3. The van der Waals surface area contributed by atoms with Gasteiger partial charge in [0.25, 0.3) is 5.91 Å². The van der Waals surface area contributed by atoms with Crippen LogP contribution in [0.1, 0.15) is 27.9 Å². The van der Waals surface area contributed by atoms with E-state index < -0.39 is 24.0 Å². The van der Waals surface area contributed by atoms with E-state index in [2.05, 4.69) is 5.32 Å². The van der Waals surface area contributed by atoms with E-state index in [0.29, 0.717) is 31.5 Å². The summed E-state index contributed by atoms with van der Waals surface area (Å²) < 4.78 is 5.27. The first-order chi connectivity index (χ1) is 13.1. The van der Waals surface area contributed by atoms with Gasteiger partial charge in [0.05, 0.1) is 5.56 Å². The Bertz CT molecular complexity index is 881. The molecule has 6 heteroatoms. The van der Waals surface area contributed by atoms with Crippen LogP contribution in [0, 0.1) is 0 Å². The van der Waals surface area contributed by atoms with Gasteiger partial charge in [-0.2, -0.15) is 0 Å². The summed E-state index contributed by atoms with van der Waals surface area (Å²) in [5.74, 6) is -1.02. The lowest BCUT2D eigenvalue weighted by Gasteiger charge is -2.25. The number of ether oxygens (including phenoxy) is 1. The molecule has 2 atom stereocenters. The topological polar surface area (TPSA) is 75.7 Å². The smallest absolute Gasteiger partial charge is 0.339 e. The second-order valence-corrected chi connectivity index (χ2v) is 6.85. The lowest BCUT2D eigenvalue weighted by atomic mass is 9.98. The number of amides is 2. The number of hydrogen-bond donors (Lipinski definition) is 1. The van der Waals surface area contributed by atoms with Crippen LogP contribution >= 0.6 is 0 Å². The number of carbonyl (C=O) groups excluding carboxylic acids is 3. The second kappa shape index (κ2) is 7.23. The minimum Gasteiger partial charge on any atom is -0.448 e. The second-order valence-electron chi connectivity index (χ2n) is 6.85. The van der Waals surface area contributed by atoms with Crippen molar-refractivity contribution in [3.05, 3.63) is 71.3 Å². The van der Waals surface area contributed by atoms with Crippen LogP contribution in [0.15, 0.2) is 54.6 Å². The highest BCUT2D eigenvalue weighted by Gasteiger charge is 2.37. The van der Waals surface area contributed by atoms with Crippen LogP contribution in [0.25, 0.3) is 0 Å². The van der Waals surface area contributed by atoms with Gasteiger partial charge in [0, 0.05) is 19.5 Å². The van der Waals surface area contributed by atoms with Crippen LogP contribution in [-0.4, -0.2) is 41.4 Å². The molecule has 2 aromatic carbocycles. The van der Waals surface area contributed by atoms with Gasteiger partial charge in [0.1, 0.15) is 6.04 Å². The fourth-order valence-electron chi connectivity index (χ4n) is 3.58. The lowest BCUT2D eigenvalue weighted by molar-refractivity contribution is -0.136. The molecule has 0 aliphatic carbocycles. The minimum absolute atomic E-state index is 0.102. The van der Waals surface area contributed by atoms with Gasteiger partial charge in [-0.25, -0.2) is 4.79 Å². The number of rotatable bonds is 4. The first-order valence-corrected chi connectivity index (χ1v) is 9.04. The Hall–Kier alpha value is -3.15. The van der Waals surface area contributed by atoms with Crippen molar-refractivity contribution >= 4 is 17.8 Å². The molecular weight excluding hydrogens is 344 g/mol. The third kappa shape index (κ3) is 3.56. The molecule has 0 radical (unpaired) electrons. The Kier molecular flexibility index (Phi) is 4.62. The van der Waals surface area contributed by atoms with E-state index in [-0.39, 0.29) is 5.91 Å². The number of likely N-dealkylation sites (tertiary alicyclic amines) is 1. The Morgan fingerprint density at radius 2 is 1.81 bits per heavy atom. The summed E-state index contributed by atoms with van der Waals surface area (Å²) in [5.41, 5.74) is 2.33. The SMILES string of the molecule is O=C1OC(C(=O)NC2CCN(Cc3ccccc3)C2=O)Cc2ccccc21. The van der Waals surface area contributed by atoms with Crippen LogP contribution < -0.4 is 5.32 Å². The summed E-state index contributed by atoms with van der Waals surface area (Å²) in [6, 6.07) is 16.3. The van der Waals surface area contributed by atoms with E-state index in [9.17, 15) is 14.4 Å². The summed E-state index contributed by atoms with van der Waals surface area (Å²) in [7, 11) is 0. The molecule has 2 aliphatic rings. The van der Waals surface area contributed by atoms with E-state index >= 15 is 0 Å². The van der Waals surface area contributed by atoms with Crippen molar-refractivity contribution in [1.82, 2.24) is 10.2 Å². The lowest BCUT2D eigenvalue weighted by Crippen LogP contribution is -2.48. The summed E-state index contributed by atoms with van der Waals surface area (Å²) >= 11 is 0. The normalized spacial score (nSPS) is 21.6. The van der Waals surface area contributed by atoms with Crippen LogP contribution in [0.2, 0.25) is 0 Å². The van der Waals surface area contributed by atoms with Crippen LogP contribution in [-0.2, 0) is 27.3 Å². The standard InChI is InChI=1S/C21H20N2O4/c24-19(18-12-15-8-4-5-9-16(15)21(26)27-18)22-17-10-11-23(20(17)25)13-14-6-2-1-3-7-14/h1-9,17-18H,10-13H2,(H,22,24). The molecule has 0 bridgehead atoms. The Labute approximate surface area is 157 Å². The molecule has 1 fully saturated rings. The van der Waals surface area contributed by atoms with E-state index in [1.807, 2.05) is 42.5 Å².